The number of aliphatic hydroxyl groups is 1. The largest absolute Gasteiger partial charge is 0.478 e. The van der Waals surface area contributed by atoms with Crippen molar-refractivity contribution in [3.8, 4) is 6.07 Å². The molecule has 5 nitrogen and oxygen atoms in total. The van der Waals surface area contributed by atoms with Gasteiger partial charge in [-0.1, -0.05) is 44.2 Å². The summed E-state index contributed by atoms with van der Waals surface area (Å²) in [4.78, 5) is 23.0. The quantitative estimate of drug-likeness (QED) is 0.600. The molecule has 0 saturated heterocycles. The topological polar surface area (TPSA) is 98.4 Å². The van der Waals surface area contributed by atoms with Gasteiger partial charge < -0.3 is 10.2 Å². The maximum absolute atomic E-state index is 12.2. The van der Waals surface area contributed by atoms with Crippen molar-refractivity contribution in [3.05, 3.63) is 76.9 Å². The van der Waals surface area contributed by atoms with Crippen LogP contribution in [0.3, 0.4) is 0 Å². The molecule has 0 saturated carbocycles. The molecule has 0 spiro atoms. The van der Waals surface area contributed by atoms with E-state index < -0.39 is 17.0 Å². The Balaban J connectivity index is 2.43. The van der Waals surface area contributed by atoms with Gasteiger partial charge in [0.15, 0.2) is 5.78 Å². The Bertz CT molecular complexity index is 940. The summed E-state index contributed by atoms with van der Waals surface area (Å²) < 4.78 is 0. The van der Waals surface area contributed by atoms with Gasteiger partial charge in [-0.15, -0.1) is 0 Å². The highest BCUT2D eigenvalue weighted by atomic mass is 16.4. The van der Waals surface area contributed by atoms with E-state index in [0.717, 1.165) is 11.6 Å². The molecule has 0 unspecified atom stereocenters. The van der Waals surface area contributed by atoms with E-state index in [1.54, 1.807) is 69.3 Å². The number of carboxylic acid groups (broad SMARTS) is 1. The molecule has 1 aromatic carbocycles. The normalized spacial score (nSPS) is 22.3. The first-order chi connectivity index (χ1) is 13.1. The predicted octanol–water partition coefficient (Wildman–Crippen LogP) is 3.82. The highest BCUT2D eigenvalue weighted by molar-refractivity contribution is 5.94. The number of aliphatic carboxylic acids is 1. The molecule has 0 heterocycles. The molecule has 1 aromatic rings. The van der Waals surface area contributed by atoms with E-state index in [-0.39, 0.29) is 12.2 Å². The van der Waals surface area contributed by atoms with Crippen LogP contribution >= 0.6 is 0 Å². The Hall–Kier alpha value is -3.23. The van der Waals surface area contributed by atoms with Gasteiger partial charge in [-0.3, -0.25) is 4.79 Å². The highest BCUT2D eigenvalue weighted by Crippen LogP contribution is 2.45. The van der Waals surface area contributed by atoms with Gasteiger partial charge in [-0.05, 0) is 47.9 Å². The average Bonchev–Trinajstić information content (AvgIpc) is 2.61. The molecule has 2 N–H and O–H groups in total. The molecule has 1 atom stereocenters. The maximum Gasteiger partial charge on any atom is 0.328 e. The van der Waals surface area contributed by atoms with Crippen LogP contribution in [-0.4, -0.2) is 27.6 Å². The summed E-state index contributed by atoms with van der Waals surface area (Å²) >= 11 is 0. The number of nitrogens with zero attached hydrogens (tertiary/aromatic N) is 1. The number of carbonyl (C=O) groups is 2. The minimum atomic E-state index is -1.45. The van der Waals surface area contributed by atoms with Crippen LogP contribution in [-0.2, 0) is 9.59 Å². The second kappa shape index (κ2) is 8.20. The zero-order valence-corrected chi connectivity index (χ0v) is 16.1. The van der Waals surface area contributed by atoms with E-state index in [0.29, 0.717) is 16.7 Å². The molecule has 0 aliphatic heterocycles. The minimum Gasteiger partial charge on any atom is -0.478 e. The van der Waals surface area contributed by atoms with E-state index >= 15 is 0 Å². The molecule has 5 heteroatoms. The smallest absolute Gasteiger partial charge is 0.328 e. The average molecular weight is 377 g/mol. The van der Waals surface area contributed by atoms with Gasteiger partial charge in [0.1, 0.15) is 5.60 Å². The van der Waals surface area contributed by atoms with Crippen LogP contribution in [0.2, 0.25) is 0 Å². The van der Waals surface area contributed by atoms with Crippen LogP contribution in [0, 0.1) is 16.7 Å². The molecule has 0 aromatic heterocycles. The zero-order valence-electron chi connectivity index (χ0n) is 16.1. The Labute approximate surface area is 164 Å². The lowest BCUT2D eigenvalue weighted by atomic mass is 9.64. The fourth-order valence-corrected chi connectivity index (χ4v) is 3.14. The van der Waals surface area contributed by atoms with Crippen molar-refractivity contribution in [2.24, 2.45) is 5.41 Å². The Morgan fingerprint density at radius 3 is 2.43 bits per heavy atom. The molecule has 144 valence electrons. The number of hydrogen-bond donors (Lipinski definition) is 2. The molecular weight excluding hydrogens is 354 g/mol. The number of ketones is 1. The summed E-state index contributed by atoms with van der Waals surface area (Å²) in [6.45, 7) is 5.23. The third-order valence-corrected chi connectivity index (χ3v) is 4.84. The van der Waals surface area contributed by atoms with Gasteiger partial charge in [-0.25, -0.2) is 4.79 Å². The summed E-state index contributed by atoms with van der Waals surface area (Å²) in [5, 5.41) is 29.2. The van der Waals surface area contributed by atoms with Crippen LogP contribution in [0.5, 0.6) is 0 Å². The number of carboxylic acids is 1. The summed E-state index contributed by atoms with van der Waals surface area (Å²) in [7, 11) is 0. The second-order valence-electron chi connectivity index (χ2n) is 7.52. The van der Waals surface area contributed by atoms with E-state index in [4.69, 9.17) is 10.4 Å². The van der Waals surface area contributed by atoms with Crippen LogP contribution in [0.15, 0.2) is 65.8 Å². The first-order valence-electron chi connectivity index (χ1n) is 8.83. The van der Waals surface area contributed by atoms with Crippen molar-refractivity contribution >= 4 is 17.8 Å². The van der Waals surface area contributed by atoms with E-state index in [2.05, 4.69) is 6.07 Å². The van der Waals surface area contributed by atoms with Crippen molar-refractivity contribution in [1.82, 2.24) is 0 Å². The Morgan fingerprint density at radius 1 is 1.21 bits per heavy atom. The lowest BCUT2D eigenvalue weighted by Gasteiger charge is -2.44. The van der Waals surface area contributed by atoms with E-state index in [9.17, 15) is 14.7 Å². The number of nitriles is 1. The molecule has 0 fully saturated rings. The molecule has 28 heavy (non-hydrogen) atoms. The van der Waals surface area contributed by atoms with Gasteiger partial charge in [0.25, 0.3) is 0 Å². The van der Waals surface area contributed by atoms with Crippen LogP contribution in [0.1, 0.15) is 38.3 Å². The number of hydrogen-bond acceptors (Lipinski definition) is 4. The Kier molecular flexibility index (Phi) is 6.17. The highest BCUT2D eigenvalue weighted by Gasteiger charge is 2.47. The minimum absolute atomic E-state index is 0.0830. The van der Waals surface area contributed by atoms with Gasteiger partial charge in [0.05, 0.1) is 11.6 Å². The molecule has 2 rings (SSSR count). The standard InChI is InChI=1S/C23H23NO4/c1-16(12-21(26)27)10-11-23(28)19(13-20(25)14-22(23,2)3)9-8-17-4-6-18(15-24)7-5-17/h4-13,28H,14H2,1-3H3,(H,26,27)/b9-8+,11-10+,16-12-/t23-/m1/s1. The van der Waals surface area contributed by atoms with Gasteiger partial charge in [0.2, 0.25) is 0 Å². The summed E-state index contributed by atoms with van der Waals surface area (Å²) in [5.74, 6) is -1.15. The van der Waals surface area contributed by atoms with E-state index in [1.165, 1.54) is 6.08 Å². The van der Waals surface area contributed by atoms with Gasteiger partial charge in [-0.2, -0.15) is 5.26 Å². The van der Waals surface area contributed by atoms with Crippen molar-refractivity contribution in [2.45, 2.75) is 32.8 Å². The lowest BCUT2D eigenvalue weighted by Crippen LogP contribution is -2.48. The molecule has 1 aliphatic carbocycles. The van der Waals surface area contributed by atoms with Crippen molar-refractivity contribution in [1.29, 1.82) is 5.26 Å². The summed E-state index contributed by atoms with van der Waals surface area (Å²) in [6, 6.07) is 8.99. The van der Waals surface area contributed by atoms with Crippen LogP contribution < -0.4 is 0 Å². The van der Waals surface area contributed by atoms with Crippen LogP contribution in [0.25, 0.3) is 6.08 Å². The van der Waals surface area contributed by atoms with Crippen molar-refractivity contribution < 1.29 is 19.8 Å². The monoisotopic (exact) mass is 377 g/mol. The molecule has 1 aliphatic rings. The Morgan fingerprint density at radius 2 is 1.86 bits per heavy atom. The third kappa shape index (κ3) is 4.73. The van der Waals surface area contributed by atoms with E-state index in [1.807, 2.05) is 0 Å². The van der Waals surface area contributed by atoms with Gasteiger partial charge in [0, 0.05) is 17.9 Å². The fraction of sp³-hybridized carbons (Fsp3) is 0.261. The van der Waals surface area contributed by atoms with Crippen LogP contribution in [0.4, 0.5) is 0 Å². The number of carbonyl (C=O) groups excluding carboxylic acids is 1. The fourth-order valence-electron chi connectivity index (χ4n) is 3.14. The number of allylic oxidation sites excluding steroid dienone is 3. The molecule has 0 amide bonds. The number of benzene rings is 1. The first kappa shape index (κ1) is 21.1. The molecular formula is C23H23NO4. The first-order valence-corrected chi connectivity index (χ1v) is 8.83. The second-order valence-corrected chi connectivity index (χ2v) is 7.52. The summed E-state index contributed by atoms with van der Waals surface area (Å²) in [6.07, 6.45) is 9.19. The molecule has 0 bridgehead atoms. The van der Waals surface area contributed by atoms with Crippen molar-refractivity contribution in [2.75, 3.05) is 0 Å². The lowest BCUT2D eigenvalue weighted by molar-refractivity contribution is -0.131. The maximum atomic E-state index is 12.2. The molecule has 0 radical (unpaired) electrons. The number of rotatable bonds is 5. The zero-order chi connectivity index (χ0) is 20.9. The predicted molar refractivity (Wildman–Crippen MR) is 107 cm³/mol. The van der Waals surface area contributed by atoms with Crippen molar-refractivity contribution in [3.63, 3.8) is 0 Å². The summed E-state index contributed by atoms with van der Waals surface area (Å²) in [5.41, 5.74) is 0.0526. The SMILES string of the molecule is CC(=C/C(=O)O)/C=C/[C@@]1(O)C(/C=C/c2ccc(C#N)cc2)=CC(=O)CC1(C)C. The third-order valence-electron chi connectivity index (χ3n) is 4.84. The van der Waals surface area contributed by atoms with Gasteiger partial charge >= 0.3 is 5.97 Å².